The number of esters is 1. The summed E-state index contributed by atoms with van der Waals surface area (Å²) in [5, 5.41) is 0.666. The zero-order valence-electron chi connectivity index (χ0n) is 10.5. The Bertz CT molecular complexity index is 600. The Balaban J connectivity index is 1.99. The number of benzene rings is 2. The average molecular weight is 273 g/mol. The minimum Gasteiger partial charge on any atom is -0.423 e. The van der Waals surface area contributed by atoms with E-state index in [2.05, 4.69) is 0 Å². The summed E-state index contributed by atoms with van der Waals surface area (Å²) in [6.45, 7) is 1.95. The summed E-state index contributed by atoms with van der Waals surface area (Å²) in [6.07, 6.45) is 3.08. The van der Waals surface area contributed by atoms with Crippen LogP contribution in [0.1, 0.15) is 11.1 Å². The molecular formula is C16H13ClO2. The molecule has 3 heteroatoms. The molecule has 0 aliphatic heterocycles. The molecule has 96 valence electrons. The SMILES string of the molecule is Cc1cccc(OC(=O)/C=C/c2ccc(Cl)cc2)c1. The number of hydrogen-bond donors (Lipinski definition) is 0. The molecule has 0 aliphatic rings. The van der Waals surface area contributed by atoms with E-state index in [-0.39, 0.29) is 0 Å². The molecule has 0 radical (unpaired) electrons. The predicted octanol–water partition coefficient (Wildman–Crippen LogP) is 4.27. The summed E-state index contributed by atoms with van der Waals surface area (Å²) in [6, 6.07) is 14.6. The van der Waals surface area contributed by atoms with Crippen molar-refractivity contribution in [2.24, 2.45) is 0 Å². The second kappa shape index (κ2) is 6.21. The van der Waals surface area contributed by atoms with Crippen molar-refractivity contribution in [1.29, 1.82) is 0 Å². The lowest BCUT2D eigenvalue weighted by Crippen LogP contribution is -2.03. The first-order valence-corrected chi connectivity index (χ1v) is 6.23. The van der Waals surface area contributed by atoms with E-state index in [0.717, 1.165) is 11.1 Å². The number of rotatable bonds is 3. The number of carbonyl (C=O) groups excluding carboxylic acids is 1. The first-order chi connectivity index (χ1) is 9.13. The number of hydrogen-bond acceptors (Lipinski definition) is 2. The van der Waals surface area contributed by atoms with Crippen molar-refractivity contribution >= 4 is 23.6 Å². The highest BCUT2D eigenvalue weighted by Crippen LogP contribution is 2.13. The van der Waals surface area contributed by atoms with Crippen molar-refractivity contribution in [3.8, 4) is 5.75 Å². The van der Waals surface area contributed by atoms with E-state index in [1.165, 1.54) is 6.08 Å². The molecule has 0 atom stereocenters. The molecule has 2 aromatic carbocycles. The van der Waals surface area contributed by atoms with Crippen LogP contribution in [0.15, 0.2) is 54.6 Å². The van der Waals surface area contributed by atoms with Gasteiger partial charge < -0.3 is 4.74 Å². The second-order valence-electron chi connectivity index (χ2n) is 4.12. The van der Waals surface area contributed by atoms with Crippen LogP contribution in [-0.4, -0.2) is 5.97 Å². The van der Waals surface area contributed by atoms with Gasteiger partial charge in [0.1, 0.15) is 5.75 Å². The molecular weight excluding hydrogens is 260 g/mol. The first kappa shape index (κ1) is 13.4. The van der Waals surface area contributed by atoms with Gasteiger partial charge in [-0.05, 0) is 48.4 Å². The molecule has 0 saturated carbocycles. The Morgan fingerprint density at radius 3 is 2.58 bits per heavy atom. The quantitative estimate of drug-likeness (QED) is 0.474. The molecule has 0 fully saturated rings. The first-order valence-electron chi connectivity index (χ1n) is 5.85. The van der Waals surface area contributed by atoms with E-state index in [1.807, 2.05) is 37.3 Å². The fraction of sp³-hybridized carbons (Fsp3) is 0.0625. The molecule has 0 spiro atoms. The summed E-state index contributed by atoms with van der Waals surface area (Å²) in [7, 11) is 0. The third kappa shape index (κ3) is 4.27. The average Bonchev–Trinajstić information content (AvgIpc) is 2.38. The molecule has 0 aromatic heterocycles. The Kier molecular flexibility index (Phi) is 4.37. The van der Waals surface area contributed by atoms with Gasteiger partial charge in [0.15, 0.2) is 0 Å². The smallest absolute Gasteiger partial charge is 0.336 e. The summed E-state index contributed by atoms with van der Waals surface area (Å²) >= 11 is 5.78. The van der Waals surface area contributed by atoms with Crippen LogP contribution in [0.5, 0.6) is 5.75 Å². The van der Waals surface area contributed by atoms with Gasteiger partial charge in [-0.15, -0.1) is 0 Å². The minimum atomic E-state index is -0.402. The molecule has 2 rings (SSSR count). The molecule has 0 unspecified atom stereocenters. The molecule has 2 aromatic rings. The Morgan fingerprint density at radius 2 is 1.89 bits per heavy atom. The van der Waals surface area contributed by atoms with Gasteiger partial charge >= 0.3 is 5.97 Å². The third-order valence-corrected chi connectivity index (χ3v) is 2.74. The van der Waals surface area contributed by atoms with Gasteiger partial charge in [-0.25, -0.2) is 4.79 Å². The highest BCUT2D eigenvalue weighted by atomic mass is 35.5. The van der Waals surface area contributed by atoms with E-state index in [9.17, 15) is 4.79 Å². The molecule has 19 heavy (non-hydrogen) atoms. The summed E-state index contributed by atoms with van der Waals surface area (Å²) in [4.78, 5) is 11.6. The Morgan fingerprint density at radius 1 is 1.16 bits per heavy atom. The molecule has 0 heterocycles. The minimum absolute atomic E-state index is 0.402. The Labute approximate surface area is 117 Å². The highest BCUT2D eigenvalue weighted by Gasteiger charge is 2.00. The van der Waals surface area contributed by atoms with Gasteiger partial charge in [-0.1, -0.05) is 35.9 Å². The normalized spacial score (nSPS) is 10.6. The zero-order valence-corrected chi connectivity index (χ0v) is 11.2. The molecule has 0 bridgehead atoms. The number of halogens is 1. The molecule has 0 aliphatic carbocycles. The lowest BCUT2D eigenvalue weighted by molar-refractivity contribution is -0.128. The summed E-state index contributed by atoms with van der Waals surface area (Å²) < 4.78 is 5.19. The second-order valence-corrected chi connectivity index (χ2v) is 4.56. The van der Waals surface area contributed by atoms with Crippen molar-refractivity contribution in [3.63, 3.8) is 0 Å². The van der Waals surface area contributed by atoms with Gasteiger partial charge in [0, 0.05) is 11.1 Å². The summed E-state index contributed by atoms with van der Waals surface area (Å²) in [5.41, 5.74) is 1.94. The molecule has 0 N–H and O–H groups in total. The molecule has 2 nitrogen and oxygen atoms in total. The third-order valence-electron chi connectivity index (χ3n) is 2.49. The van der Waals surface area contributed by atoms with Crippen LogP contribution < -0.4 is 4.74 Å². The van der Waals surface area contributed by atoms with Gasteiger partial charge in [0.05, 0.1) is 0 Å². The van der Waals surface area contributed by atoms with Crippen LogP contribution >= 0.6 is 11.6 Å². The standard InChI is InChI=1S/C16H13ClO2/c1-12-3-2-4-15(11-12)19-16(18)10-7-13-5-8-14(17)9-6-13/h2-11H,1H3/b10-7+. The van der Waals surface area contributed by atoms with E-state index in [1.54, 1.807) is 24.3 Å². The highest BCUT2D eigenvalue weighted by molar-refractivity contribution is 6.30. The van der Waals surface area contributed by atoms with Crippen LogP contribution in [0.25, 0.3) is 6.08 Å². The van der Waals surface area contributed by atoms with E-state index >= 15 is 0 Å². The fourth-order valence-electron chi connectivity index (χ4n) is 1.57. The van der Waals surface area contributed by atoms with Gasteiger partial charge in [-0.2, -0.15) is 0 Å². The van der Waals surface area contributed by atoms with Crippen LogP contribution in [-0.2, 0) is 4.79 Å². The van der Waals surface area contributed by atoms with Crippen LogP contribution in [0.4, 0.5) is 0 Å². The van der Waals surface area contributed by atoms with Crippen LogP contribution in [0.2, 0.25) is 5.02 Å². The Hall–Kier alpha value is -2.06. The van der Waals surface area contributed by atoms with Crippen LogP contribution in [0, 0.1) is 6.92 Å². The molecule has 0 saturated heterocycles. The zero-order chi connectivity index (χ0) is 13.7. The topological polar surface area (TPSA) is 26.3 Å². The monoisotopic (exact) mass is 272 g/mol. The largest absolute Gasteiger partial charge is 0.423 e. The van der Waals surface area contributed by atoms with E-state index < -0.39 is 5.97 Å². The van der Waals surface area contributed by atoms with E-state index in [4.69, 9.17) is 16.3 Å². The van der Waals surface area contributed by atoms with Gasteiger partial charge in [0.2, 0.25) is 0 Å². The lowest BCUT2D eigenvalue weighted by Gasteiger charge is -2.01. The maximum Gasteiger partial charge on any atom is 0.336 e. The van der Waals surface area contributed by atoms with Gasteiger partial charge in [0.25, 0.3) is 0 Å². The maximum atomic E-state index is 11.6. The van der Waals surface area contributed by atoms with Gasteiger partial charge in [-0.3, -0.25) is 0 Å². The molecule has 0 amide bonds. The van der Waals surface area contributed by atoms with Crippen molar-refractivity contribution < 1.29 is 9.53 Å². The van der Waals surface area contributed by atoms with Crippen molar-refractivity contribution in [2.45, 2.75) is 6.92 Å². The van der Waals surface area contributed by atoms with E-state index in [0.29, 0.717) is 10.8 Å². The number of aryl methyl sites for hydroxylation is 1. The predicted molar refractivity (Wildman–Crippen MR) is 77.3 cm³/mol. The van der Waals surface area contributed by atoms with Crippen molar-refractivity contribution in [2.75, 3.05) is 0 Å². The lowest BCUT2D eigenvalue weighted by atomic mass is 10.2. The number of ether oxygens (including phenoxy) is 1. The maximum absolute atomic E-state index is 11.6. The summed E-state index contributed by atoms with van der Waals surface area (Å²) in [5.74, 6) is 0.145. The van der Waals surface area contributed by atoms with Crippen molar-refractivity contribution in [1.82, 2.24) is 0 Å². The number of carbonyl (C=O) groups is 1. The fourth-order valence-corrected chi connectivity index (χ4v) is 1.69. The van der Waals surface area contributed by atoms with Crippen LogP contribution in [0.3, 0.4) is 0 Å². The van der Waals surface area contributed by atoms with Crippen molar-refractivity contribution in [3.05, 3.63) is 70.8 Å².